The number of benzene rings is 2. The number of fused-ring (bicyclic) bond motifs is 1. The van der Waals surface area contributed by atoms with Gasteiger partial charge >= 0.3 is 0 Å². The zero-order chi connectivity index (χ0) is 17.2. The van der Waals surface area contributed by atoms with Crippen LogP contribution in [0.1, 0.15) is 23.7 Å². The molecule has 1 N–H and O–H groups in total. The van der Waals surface area contributed by atoms with Crippen molar-refractivity contribution in [2.24, 2.45) is 0 Å². The first-order valence-electron chi connectivity index (χ1n) is 9.15. The highest BCUT2D eigenvalue weighted by Crippen LogP contribution is 2.35. The highest BCUT2D eigenvalue weighted by molar-refractivity contribution is 5.49. The van der Waals surface area contributed by atoms with Crippen molar-refractivity contribution < 1.29 is 9.84 Å². The van der Waals surface area contributed by atoms with Gasteiger partial charge in [-0.05, 0) is 48.2 Å². The zero-order valence-corrected chi connectivity index (χ0v) is 14.8. The topological polar surface area (TPSA) is 35.9 Å². The van der Waals surface area contributed by atoms with Gasteiger partial charge in [-0.25, -0.2) is 0 Å². The Morgan fingerprint density at radius 3 is 2.52 bits per heavy atom. The molecule has 4 heteroatoms. The Balaban J connectivity index is 1.43. The number of aliphatic hydroxyl groups excluding tert-OH is 1. The van der Waals surface area contributed by atoms with Gasteiger partial charge in [-0.15, -0.1) is 0 Å². The molecule has 1 aliphatic heterocycles. The van der Waals surface area contributed by atoms with Crippen molar-refractivity contribution in [1.29, 1.82) is 0 Å². The number of methoxy groups -OCH3 is 1. The zero-order valence-electron chi connectivity index (χ0n) is 14.8. The van der Waals surface area contributed by atoms with Crippen LogP contribution in [0.4, 0.5) is 5.69 Å². The molecule has 2 atom stereocenters. The lowest BCUT2D eigenvalue weighted by molar-refractivity contribution is 0.0647. The number of hydrogen-bond acceptors (Lipinski definition) is 4. The van der Waals surface area contributed by atoms with Crippen molar-refractivity contribution in [1.82, 2.24) is 4.90 Å². The van der Waals surface area contributed by atoms with E-state index in [2.05, 4.69) is 40.1 Å². The summed E-state index contributed by atoms with van der Waals surface area (Å²) in [4.78, 5) is 4.92. The van der Waals surface area contributed by atoms with Crippen molar-refractivity contribution in [3.8, 4) is 5.75 Å². The quantitative estimate of drug-likeness (QED) is 0.934. The van der Waals surface area contributed by atoms with Crippen molar-refractivity contribution in [3.05, 3.63) is 59.7 Å². The van der Waals surface area contributed by atoms with Crippen LogP contribution in [-0.2, 0) is 6.42 Å². The molecule has 4 rings (SSSR count). The molecule has 2 aliphatic rings. The SMILES string of the molecule is COc1ccc(N2CCCN(C3Cc4ccccc4C3O)CC2)cc1. The minimum absolute atomic E-state index is 0.216. The van der Waals surface area contributed by atoms with Gasteiger partial charge in [0.25, 0.3) is 0 Å². The Labute approximate surface area is 149 Å². The van der Waals surface area contributed by atoms with Crippen LogP contribution in [-0.4, -0.2) is 49.3 Å². The van der Waals surface area contributed by atoms with Crippen molar-refractivity contribution in [2.75, 3.05) is 38.2 Å². The van der Waals surface area contributed by atoms with E-state index in [1.54, 1.807) is 7.11 Å². The van der Waals surface area contributed by atoms with Gasteiger partial charge in [0.1, 0.15) is 5.75 Å². The molecule has 132 valence electrons. The lowest BCUT2D eigenvalue weighted by atomic mass is 10.1. The Morgan fingerprint density at radius 2 is 1.76 bits per heavy atom. The molecule has 0 aromatic heterocycles. The van der Waals surface area contributed by atoms with Crippen LogP contribution in [0.2, 0.25) is 0 Å². The number of anilines is 1. The molecule has 2 unspecified atom stereocenters. The lowest BCUT2D eigenvalue weighted by Crippen LogP contribution is -2.40. The van der Waals surface area contributed by atoms with Crippen LogP contribution in [0, 0.1) is 0 Å². The third kappa shape index (κ3) is 3.24. The third-order valence-corrected chi connectivity index (χ3v) is 5.60. The molecule has 0 saturated carbocycles. The van der Waals surface area contributed by atoms with Crippen molar-refractivity contribution in [3.63, 3.8) is 0 Å². The van der Waals surface area contributed by atoms with E-state index >= 15 is 0 Å². The number of hydrogen-bond donors (Lipinski definition) is 1. The summed E-state index contributed by atoms with van der Waals surface area (Å²) in [5.41, 5.74) is 3.66. The maximum Gasteiger partial charge on any atom is 0.119 e. The van der Waals surface area contributed by atoms with Crippen molar-refractivity contribution >= 4 is 5.69 Å². The minimum Gasteiger partial charge on any atom is -0.497 e. The van der Waals surface area contributed by atoms with Crippen LogP contribution in [0.25, 0.3) is 0 Å². The molecule has 25 heavy (non-hydrogen) atoms. The van der Waals surface area contributed by atoms with Gasteiger partial charge in [-0.2, -0.15) is 0 Å². The molecule has 0 amide bonds. The minimum atomic E-state index is -0.358. The summed E-state index contributed by atoms with van der Waals surface area (Å²) in [6.07, 6.45) is 1.72. The Bertz CT molecular complexity index is 716. The van der Waals surface area contributed by atoms with E-state index in [4.69, 9.17) is 4.74 Å². The fourth-order valence-corrected chi connectivity index (χ4v) is 4.20. The van der Waals surface area contributed by atoms with Gasteiger partial charge in [-0.3, -0.25) is 4.90 Å². The number of rotatable bonds is 3. The fraction of sp³-hybridized carbons (Fsp3) is 0.429. The summed E-state index contributed by atoms with van der Waals surface area (Å²) < 4.78 is 5.25. The molecule has 4 nitrogen and oxygen atoms in total. The molecule has 1 aliphatic carbocycles. The largest absolute Gasteiger partial charge is 0.497 e. The van der Waals surface area contributed by atoms with E-state index in [1.165, 1.54) is 11.3 Å². The van der Waals surface area contributed by atoms with Crippen LogP contribution < -0.4 is 9.64 Å². The van der Waals surface area contributed by atoms with E-state index in [1.807, 2.05) is 18.2 Å². The summed E-state index contributed by atoms with van der Waals surface area (Å²) in [6.45, 7) is 4.08. The third-order valence-electron chi connectivity index (χ3n) is 5.60. The molecule has 2 aromatic carbocycles. The van der Waals surface area contributed by atoms with Gasteiger partial charge in [0.05, 0.1) is 13.2 Å². The average Bonchev–Trinajstić information content (AvgIpc) is 2.84. The van der Waals surface area contributed by atoms with Crippen LogP contribution in [0.15, 0.2) is 48.5 Å². The molecule has 1 fully saturated rings. The second kappa shape index (κ2) is 7.06. The summed E-state index contributed by atoms with van der Waals surface area (Å²) in [7, 11) is 1.70. The van der Waals surface area contributed by atoms with Crippen LogP contribution in [0.5, 0.6) is 5.75 Å². The van der Waals surface area contributed by atoms with Gasteiger partial charge in [0.2, 0.25) is 0 Å². The predicted octanol–water partition coefficient (Wildman–Crippen LogP) is 2.87. The van der Waals surface area contributed by atoms with E-state index < -0.39 is 0 Å². The van der Waals surface area contributed by atoms with Crippen molar-refractivity contribution in [2.45, 2.75) is 25.0 Å². The smallest absolute Gasteiger partial charge is 0.119 e. The fourth-order valence-electron chi connectivity index (χ4n) is 4.20. The lowest BCUT2D eigenvalue weighted by Gasteiger charge is -2.30. The van der Waals surface area contributed by atoms with E-state index in [-0.39, 0.29) is 12.1 Å². The molecule has 0 radical (unpaired) electrons. The first kappa shape index (κ1) is 16.4. The van der Waals surface area contributed by atoms with E-state index in [0.29, 0.717) is 0 Å². The Kier molecular flexibility index (Phi) is 4.64. The van der Waals surface area contributed by atoms with Gasteiger partial charge in [0, 0.05) is 37.9 Å². The molecular formula is C21H26N2O2. The highest BCUT2D eigenvalue weighted by Gasteiger charge is 2.35. The van der Waals surface area contributed by atoms with Crippen LogP contribution in [0.3, 0.4) is 0 Å². The molecular weight excluding hydrogens is 312 g/mol. The predicted molar refractivity (Wildman–Crippen MR) is 100 cm³/mol. The van der Waals surface area contributed by atoms with E-state index in [9.17, 15) is 5.11 Å². The number of aliphatic hydroxyl groups is 1. The number of nitrogens with zero attached hydrogens (tertiary/aromatic N) is 2. The van der Waals surface area contributed by atoms with Gasteiger partial charge in [-0.1, -0.05) is 24.3 Å². The summed E-state index contributed by atoms with van der Waals surface area (Å²) >= 11 is 0. The molecule has 0 bridgehead atoms. The van der Waals surface area contributed by atoms with E-state index in [0.717, 1.165) is 50.3 Å². The second-order valence-electron chi connectivity index (χ2n) is 6.99. The normalized spacial score (nSPS) is 24.0. The maximum absolute atomic E-state index is 10.8. The standard InChI is InChI=1S/C21H26N2O2/c1-25-18-9-7-17(8-10-18)22-11-4-12-23(14-13-22)20-15-16-5-2-3-6-19(16)21(20)24/h2-3,5-10,20-21,24H,4,11-15H2,1H3. The summed E-state index contributed by atoms with van der Waals surface area (Å²) in [5.74, 6) is 0.895. The summed E-state index contributed by atoms with van der Waals surface area (Å²) in [5, 5.41) is 10.8. The molecule has 0 spiro atoms. The molecule has 1 saturated heterocycles. The van der Waals surface area contributed by atoms with Gasteiger partial charge < -0.3 is 14.7 Å². The van der Waals surface area contributed by atoms with Crippen LogP contribution >= 0.6 is 0 Å². The summed E-state index contributed by atoms with van der Waals surface area (Å²) in [6, 6.07) is 16.9. The maximum atomic E-state index is 10.8. The average molecular weight is 338 g/mol. The monoisotopic (exact) mass is 338 g/mol. The van der Waals surface area contributed by atoms with Gasteiger partial charge in [0.15, 0.2) is 0 Å². The Morgan fingerprint density at radius 1 is 0.960 bits per heavy atom. The molecule has 1 heterocycles. The highest BCUT2D eigenvalue weighted by atomic mass is 16.5. The molecule has 2 aromatic rings. The first-order chi connectivity index (χ1) is 12.3. The first-order valence-corrected chi connectivity index (χ1v) is 9.15. The Hall–Kier alpha value is -2.04. The second-order valence-corrected chi connectivity index (χ2v) is 6.99. The number of ether oxygens (including phenoxy) is 1.